The van der Waals surface area contributed by atoms with Crippen molar-refractivity contribution in [3.8, 4) is 11.4 Å². The smallest absolute Gasteiger partial charge is 0.271 e. The van der Waals surface area contributed by atoms with Crippen molar-refractivity contribution in [3.05, 3.63) is 50.7 Å². The highest BCUT2D eigenvalue weighted by Gasteiger charge is 2.17. The number of non-ortho nitro benzene ring substituents is 1. The summed E-state index contributed by atoms with van der Waals surface area (Å²) < 4.78 is 1.98. The summed E-state index contributed by atoms with van der Waals surface area (Å²) in [6.45, 7) is 7.00. The van der Waals surface area contributed by atoms with E-state index in [9.17, 15) is 14.9 Å². The highest BCUT2D eigenvalue weighted by atomic mass is 32.2. The lowest BCUT2D eigenvalue weighted by Gasteiger charge is -2.07. The molecule has 0 atom stereocenters. The molecule has 0 aliphatic carbocycles. The molecule has 0 saturated carbocycles. The van der Waals surface area contributed by atoms with Gasteiger partial charge in [0.25, 0.3) is 5.69 Å². The molecule has 0 spiro atoms. The molecule has 0 fully saturated rings. The van der Waals surface area contributed by atoms with Crippen LogP contribution < -0.4 is 5.32 Å². The second-order valence-electron chi connectivity index (χ2n) is 6.59. The van der Waals surface area contributed by atoms with Gasteiger partial charge in [0.2, 0.25) is 5.91 Å². The van der Waals surface area contributed by atoms with Crippen LogP contribution in [0.2, 0.25) is 0 Å². The van der Waals surface area contributed by atoms with Crippen LogP contribution in [0.5, 0.6) is 0 Å². The normalized spacial score (nSPS) is 11.0. The molecule has 1 amide bonds. The van der Waals surface area contributed by atoms with Gasteiger partial charge in [-0.25, -0.2) is 0 Å². The molecule has 29 heavy (non-hydrogen) atoms. The van der Waals surface area contributed by atoms with Gasteiger partial charge in [0, 0.05) is 40.2 Å². The van der Waals surface area contributed by atoms with Crippen molar-refractivity contribution in [3.63, 3.8) is 0 Å². The fourth-order valence-electron chi connectivity index (χ4n) is 2.69. The van der Waals surface area contributed by atoms with Gasteiger partial charge >= 0.3 is 0 Å². The molecular formula is C19H21N5O3S2. The summed E-state index contributed by atoms with van der Waals surface area (Å²) in [6, 6.07) is 8.00. The van der Waals surface area contributed by atoms with Gasteiger partial charge in [-0.2, -0.15) is 0 Å². The van der Waals surface area contributed by atoms with Crippen molar-refractivity contribution < 1.29 is 9.72 Å². The van der Waals surface area contributed by atoms with E-state index in [1.54, 1.807) is 17.4 Å². The standard InChI is InChI=1S/C19H21N5O3S2/c1-4-23-18(13-8-16(12(2)3)28-10-13)21-22-19(23)29-11-17(25)20-14-6-5-7-15(9-14)24(26)27/h5-10,12H,4,11H2,1-3H3,(H,20,25). The summed E-state index contributed by atoms with van der Waals surface area (Å²) in [5.74, 6) is 1.11. The zero-order valence-electron chi connectivity index (χ0n) is 16.3. The molecule has 2 aromatic heterocycles. The van der Waals surface area contributed by atoms with Crippen LogP contribution >= 0.6 is 23.1 Å². The van der Waals surface area contributed by atoms with Gasteiger partial charge in [-0.15, -0.1) is 21.5 Å². The molecule has 0 aliphatic heterocycles. The number of thiophene rings is 1. The van der Waals surface area contributed by atoms with Gasteiger partial charge in [-0.1, -0.05) is 31.7 Å². The van der Waals surface area contributed by atoms with Crippen LogP contribution in [0.3, 0.4) is 0 Å². The van der Waals surface area contributed by atoms with Crippen molar-refractivity contribution >= 4 is 40.4 Å². The third-order valence-electron chi connectivity index (χ3n) is 4.15. The minimum Gasteiger partial charge on any atom is -0.325 e. The summed E-state index contributed by atoms with van der Waals surface area (Å²) in [5.41, 5.74) is 1.35. The molecule has 1 aromatic carbocycles. The van der Waals surface area contributed by atoms with Gasteiger partial charge in [0.05, 0.1) is 10.7 Å². The number of amides is 1. The fraction of sp³-hybridized carbons (Fsp3) is 0.316. The number of anilines is 1. The second kappa shape index (κ2) is 9.19. The van der Waals surface area contributed by atoms with Gasteiger partial charge in [-0.3, -0.25) is 14.9 Å². The van der Waals surface area contributed by atoms with Gasteiger partial charge in [0.1, 0.15) is 0 Å². The molecule has 0 unspecified atom stereocenters. The number of carbonyl (C=O) groups is 1. The fourth-order valence-corrected chi connectivity index (χ4v) is 4.40. The van der Waals surface area contributed by atoms with Crippen molar-refractivity contribution in [2.45, 2.75) is 38.4 Å². The molecular weight excluding hydrogens is 410 g/mol. The Kier molecular flexibility index (Phi) is 6.65. The van der Waals surface area contributed by atoms with Crippen molar-refractivity contribution in [2.24, 2.45) is 0 Å². The van der Waals surface area contributed by atoms with Crippen molar-refractivity contribution in [2.75, 3.05) is 11.1 Å². The first kappa shape index (κ1) is 21.0. The zero-order chi connectivity index (χ0) is 21.0. The Hall–Kier alpha value is -2.72. The van der Waals surface area contributed by atoms with Crippen molar-refractivity contribution in [1.29, 1.82) is 0 Å². The Balaban J connectivity index is 1.67. The minimum absolute atomic E-state index is 0.0673. The predicted molar refractivity (Wildman–Crippen MR) is 116 cm³/mol. The Bertz CT molecular complexity index is 1030. The first-order valence-corrected chi connectivity index (χ1v) is 10.9. The number of nitrogens with zero attached hydrogens (tertiary/aromatic N) is 4. The molecule has 0 bridgehead atoms. The molecule has 2 heterocycles. The summed E-state index contributed by atoms with van der Waals surface area (Å²) in [4.78, 5) is 23.9. The number of nitro benzene ring substituents is 1. The molecule has 0 saturated heterocycles. The van der Waals surface area contributed by atoms with Crippen LogP contribution in [0.25, 0.3) is 11.4 Å². The quantitative estimate of drug-likeness (QED) is 0.312. The van der Waals surface area contributed by atoms with E-state index in [0.717, 1.165) is 11.4 Å². The molecule has 1 N–H and O–H groups in total. The van der Waals surface area contributed by atoms with Gasteiger partial charge in [0.15, 0.2) is 11.0 Å². The number of hydrogen-bond donors (Lipinski definition) is 1. The summed E-state index contributed by atoms with van der Waals surface area (Å²) in [7, 11) is 0. The lowest BCUT2D eigenvalue weighted by atomic mass is 10.1. The maximum atomic E-state index is 12.3. The van der Waals surface area contributed by atoms with E-state index >= 15 is 0 Å². The number of thioether (sulfide) groups is 1. The Morgan fingerprint density at radius 3 is 2.79 bits per heavy atom. The summed E-state index contributed by atoms with van der Waals surface area (Å²) >= 11 is 2.99. The van der Waals surface area contributed by atoms with Crippen LogP contribution in [0.15, 0.2) is 40.9 Å². The van der Waals surface area contributed by atoms with E-state index in [4.69, 9.17) is 0 Å². The number of benzene rings is 1. The topological polar surface area (TPSA) is 103 Å². The largest absolute Gasteiger partial charge is 0.325 e. The average molecular weight is 432 g/mol. The maximum absolute atomic E-state index is 12.3. The van der Waals surface area contributed by atoms with E-state index in [-0.39, 0.29) is 17.3 Å². The first-order chi connectivity index (χ1) is 13.9. The Morgan fingerprint density at radius 2 is 2.14 bits per heavy atom. The van der Waals surface area contributed by atoms with Crippen LogP contribution in [0, 0.1) is 10.1 Å². The molecule has 3 aromatic rings. The summed E-state index contributed by atoms with van der Waals surface area (Å²) in [6.07, 6.45) is 0. The molecule has 152 valence electrons. The number of rotatable bonds is 8. The molecule has 8 nitrogen and oxygen atoms in total. The Labute approximate surface area is 176 Å². The van der Waals surface area contributed by atoms with E-state index < -0.39 is 4.92 Å². The first-order valence-electron chi connectivity index (χ1n) is 9.08. The zero-order valence-corrected chi connectivity index (χ0v) is 17.9. The van der Waals surface area contributed by atoms with E-state index in [1.807, 2.05) is 11.5 Å². The third kappa shape index (κ3) is 5.01. The van der Waals surface area contributed by atoms with Gasteiger partial charge in [-0.05, 0) is 25.0 Å². The van der Waals surface area contributed by atoms with Crippen LogP contribution in [-0.4, -0.2) is 31.3 Å². The highest BCUT2D eigenvalue weighted by Crippen LogP contribution is 2.31. The minimum atomic E-state index is -0.495. The number of carbonyl (C=O) groups excluding carboxylic acids is 1. The number of nitro groups is 1. The lowest BCUT2D eigenvalue weighted by molar-refractivity contribution is -0.384. The molecule has 0 aliphatic rings. The molecule has 10 heteroatoms. The van der Waals surface area contributed by atoms with E-state index in [1.165, 1.54) is 34.8 Å². The number of hydrogen-bond acceptors (Lipinski definition) is 7. The van der Waals surface area contributed by atoms with E-state index in [2.05, 4.69) is 40.8 Å². The molecule has 3 rings (SSSR count). The lowest BCUT2D eigenvalue weighted by Crippen LogP contribution is -2.14. The maximum Gasteiger partial charge on any atom is 0.271 e. The van der Waals surface area contributed by atoms with E-state index in [0.29, 0.717) is 23.3 Å². The average Bonchev–Trinajstić information content (AvgIpc) is 3.33. The predicted octanol–water partition coefficient (Wildman–Crippen LogP) is 4.79. The SMILES string of the molecule is CCn1c(SCC(=O)Nc2cccc([N+](=O)[O-])c2)nnc1-c1csc(C(C)C)c1. The number of nitrogens with one attached hydrogen (secondary N) is 1. The number of aromatic nitrogens is 3. The Morgan fingerprint density at radius 1 is 1.34 bits per heavy atom. The second-order valence-corrected chi connectivity index (χ2v) is 8.47. The van der Waals surface area contributed by atoms with Gasteiger partial charge < -0.3 is 9.88 Å². The molecule has 0 radical (unpaired) electrons. The summed E-state index contributed by atoms with van der Waals surface area (Å²) in [5, 5.41) is 24.8. The third-order valence-corrected chi connectivity index (χ3v) is 6.35. The van der Waals surface area contributed by atoms with Crippen LogP contribution in [0.4, 0.5) is 11.4 Å². The van der Waals surface area contributed by atoms with Crippen LogP contribution in [0.1, 0.15) is 31.6 Å². The van der Waals surface area contributed by atoms with Crippen molar-refractivity contribution in [1.82, 2.24) is 14.8 Å². The highest BCUT2D eigenvalue weighted by molar-refractivity contribution is 7.99. The monoisotopic (exact) mass is 431 g/mol. The van der Waals surface area contributed by atoms with Crippen LogP contribution in [-0.2, 0) is 11.3 Å².